The fraction of sp³-hybridized carbons (Fsp3) is 0.520. The summed E-state index contributed by atoms with van der Waals surface area (Å²) < 4.78 is 5.30. The van der Waals surface area contributed by atoms with E-state index < -0.39 is 0 Å². The van der Waals surface area contributed by atoms with Gasteiger partial charge in [0.15, 0.2) is 0 Å². The predicted molar refractivity (Wildman–Crippen MR) is 128 cm³/mol. The Balaban J connectivity index is 0.00000256. The molecular formula is C25H36ClN3O. The van der Waals surface area contributed by atoms with Crippen LogP contribution in [0.25, 0.3) is 0 Å². The molecule has 164 valence electrons. The molecule has 30 heavy (non-hydrogen) atoms. The van der Waals surface area contributed by atoms with Gasteiger partial charge in [-0.1, -0.05) is 30.3 Å². The van der Waals surface area contributed by atoms with Gasteiger partial charge in [-0.15, -0.1) is 12.4 Å². The second kappa shape index (κ2) is 10.5. The molecule has 0 aromatic heterocycles. The van der Waals surface area contributed by atoms with Crippen molar-refractivity contribution in [2.45, 2.75) is 38.8 Å². The number of hydrogen-bond donors (Lipinski definition) is 0. The van der Waals surface area contributed by atoms with Crippen molar-refractivity contribution in [1.82, 2.24) is 9.80 Å². The molecule has 5 heteroatoms. The molecule has 4 nitrogen and oxygen atoms in total. The maximum absolute atomic E-state index is 5.30. The van der Waals surface area contributed by atoms with E-state index in [0.717, 1.165) is 24.9 Å². The highest BCUT2D eigenvalue weighted by atomic mass is 35.5. The second-order valence-corrected chi connectivity index (χ2v) is 8.53. The zero-order chi connectivity index (χ0) is 20.2. The molecule has 1 atom stereocenters. The Morgan fingerprint density at radius 1 is 0.867 bits per heavy atom. The van der Waals surface area contributed by atoms with Crippen molar-refractivity contribution in [3.05, 3.63) is 59.7 Å². The van der Waals surface area contributed by atoms with E-state index in [4.69, 9.17) is 4.74 Å². The summed E-state index contributed by atoms with van der Waals surface area (Å²) in [6.07, 6.45) is 2.57. The molecule has 2 fully saturated rings. The van der Waals surface area contributed by atoms with Gasteiger partial charge in [-0.05, 0) is 56.0 Å². The van der Waals surface area contributed by atoms with Crippen LogP contribution in [-0.4, -0.2) is 62.2 Å². The van der Waals surface area contributed by atoms with Crippen LogP contribution in [0.5, 0.6) is 5.75 Å². The van der Waals surface area contributed by atoms with Crippen LogP contribution < -0.4 is 9.64 Å². The number of rotatable bonds is 5. The summed E-state index contributed by atoms with van der Waals surface area (Å²) in [7, 11) is 1.73. The number of halogens is 1. The standard InChI is InChI=1S/C25H35N3O.ClH/c1-20-6-4-5-7-25(20)28-18-16-27(17-19-28)23-12-14-26(15-13-23)21(2)22-8-10-24(29-3)11-9-22;/h4-11,21,23H,12-19H2,1-3H3;1H. The Labute approximate surface area is 188 Å². The van der Waals surface area contributed by atoms with Crippen molar-refractivity contribution < 1.29 is 4.74 Å². The normalized spacial score (nSPS) is 19.9. The molecule has 0 bridgehead atoms. The van der Waals surface area contributed by atoms with Crippen LogP contribution >= 0.6 is 12.4 Å². The number of anilines is 1. The summed E-state index contributed by atoms with van der Waals surface area (Å²) in [6, 6.07) is 18.6. The number of nitrogens with zero attached hydrogens (tertiary/aromatic N) is 3. The van der Waals surface area contributed by atoms with Crippen LogP contribution in [0.3, 0.4) is 0 Å². The first-order valence-corrected chi connectivity index (χ1v) is 11.1. The van der Waals surface area contributed by atoms with Crippen LogP contribution in [0.1, 0.15) is 36.9 Å². The highest BCUT2D eigenvalue weighted by Gasteiger charge is 2.29. The summed E-state index contributed by atoms with van der Waals surface area (Å²) in [5.74, 6) is 0.935. The van der Waals surface area contributed by atoms with E-state index in [9.17, 15) is 0 Å². The van der Waals surface area contributed by atoms with Crippen molar-refractivity contribution in [3.8, 4) is 5.75 Å². The highest BCUT2D eigenvalue weighted by molar-refractivity contribution is 5.85. The van der Waals surface area contributed by atoms with Gasteiger partial charge in [-0.25, -0.2) is 0 Å². The first-order valence-electron chi connectivity index (χ1n) is 11.1. The Kier molecular flexibility index (Phi) is 8.04. The predicted octanol–water partition coefficient (Wildman–Crippen LogP) is 4.77. The van der Waals surface area contributed by atoms with Crippen molar-refractivity contribution in [2.24, 2.45) is 0 Å². The first kappa shape index (κ1) is 22.9. The smallest absolute Gasteiger partial charge is 0.118 e. The zero-order valence-corrected chi connectivity index (χ0v) is 19.4. The maximum Gasteiger partial charge on any atom is 0.118 e. The van der Waals surface area contributed by atoms with E-state index in [2.05, 4.69) is 77.1 Å². The largest absolute Gasteiger partial charge is 0.497 e. The Hall–Kier alpha value is -1.75. The van der Waals surface area contributed by atoms with Crippen LogP contribution in [-0.2, 0) is 0 Å². The SMILES string of the molecule is COc1ccc(C(C)N2CCC(N3CCN(c4ccccc4C)CC3)CC2)cc1.Cl. The topological polar surface area (TPSA) is 19.0 Å². The second-order valence-electron chi connectivity index (χ2n) is 8.53. The number of methoxy groups -OCH3 is 1. The lowest BCUT2D eigenvalue weighted by atomic mass is 9.98. The van der Waals surface area contributed by atoms with E-state index in [1.54, 1.807) is 7.11 Å². The molecular weight excluding hydrogens is 394 g/mol. The van der Waals surface area contributed by atoms with Crippen molar-refractivity contribution in [1.29, 1.82) is 0 Å². The van der Waals surface area contributed by atoms with Crippen LogP contribution in [0.2, 0.25) is 0 Å². The summed E-state index contributed by atoms with van der Waals surface area (Å²) in [5, 5.41) is 0. The van der Waals surface area contributed by atoms with Crippen LogP contribution in [0.15, 0.2) is 48.5 Å². The third-order valence-corrected chi connectivity index (χ3v) is 6.93. The van der Waals surface area contributed by atoms with Gasteiger partial charge in [-0.2, -0.15) is 0 Å². The Morgan fingerprint density at radius 2 is 1.50 bits per heavy atom. The van der Waals surface area contributed by atoms with E-state index in [-0.39, 0.29) is 12.4 Å². The van der Waals surface area contributed by atoms with Gasteiger partial charge in [0.2, 0.25) is 0 Å². The average Bonchev–Trinajstić information content (AvgIpc) is 2.79. The summed E-state index contributed by atoms with van der Waals surface area (Å²) in [4.78, 5) is 7.94. The third kappa shape index (κ3) is 5.11. The molecule has 0 radical (unpaired) electrons. The molecule has 2 saturated heterocycles. The summed E-state index contributed by atoms with van der Waals surface area (Å²) in [6.45, 7) is 11.6. The molecule has 0 aliphatic carbocycles. The van der Waals surface area contributed by atoms with E-state index in [1.807, 2.05) is 0 Å². The lowest BCUT2D eigenvalue weighted by molar-refractivity contribution is 0.0840. The number of benzene rings is 2. The monoisotopic (exact) mass is 429 g/mol. The minimum atomic E-state index is 0. The average molecular weight is 430 g/mol. The molecule has 0 amide bonds. The molecule has 2 aliphatic rings. The number of piperazine rings is 1. The fourth-order valence-corrected chi connectivity index (χ4v) is 4.98. The maximum atomic E-state index is 5.30. The minimum Gasteiger partial charge on any atom is -0.497 e. The number of para-hydroxylation sites is 1. The molecule has 0 N–H and O–H groups in total. The Bertz CT molecular complexity index is 781. The van der Waals surface area contributed by atoms with Gasteiger partial charge in [0.05, 0.1) is 7.11 Å². The number of ether oxygens (including phenoxy) is 1. The molecule has 2 aromatic rings. The fourth-order valence-electron chi connectivity index (χ4n) is 4.98. The van der Waals surface area contributed by atoms with Crippen LogP contribution in [0.4, 0.5) is 5.69 Å². The molecule has 0 spiro atoms. The molecule has 2 aromatic carbocycles. The summed E-state index contributed by atoms with van der Waals surface area (Å²) >= 11 is 0. The van der Waals surface area contributed by atoms with Crippen molar-refractivity contribution >= 4 is 18.1 Å². The summed E-state index contributed by atoms with van der Waals surface area (Å²) in [5.41, 5.74) is 4.19. The van der Waals surface area contributed by atoms with Crippen molar-refractivity contribution in [3.63, 3.8) is 0 Å². The lowest BCUT2D eigenvalue weighted by Crippen LogP contribution is -2.53. The number of piperidine rings is 1. The van der Waals surface area contributed by atoms with Crippen molar-refractivity contribution in [2.75, 3.05) is 51.3 Å². The van der Waals surface area contributed by atoms with E-state index in [1.165, 1.54) is 55.8 Å². The lowest BCUT2D eigenvalue weighted by Gasteiger charge is -2.44. The van der Waals surface area contributed by atoms with Gasteiger partial charge in [0.25, 0.3) is 0 Å². The zero-order valence-electron chi connectivity index (χ0n) is 18.6. The number of aryl methyl sites for hydroxylation is 1. The van der Waals surface area contributed by atoms with Crippen LogP contribution in [0, 0.1) is 6.92 Å². The van der Waals surface area contributed by atoms with Gasteiger partial charge in [0, 0.05) is 57.0 Å². The minimum absolute atomic E-state index is 0. The third-order valence-electron chi connectivity index (χ3n) is 6.93. The van der Waals surface area contributed by atoms with Gasteiger partial charge in [0.1, 0.15) is 5.75 Å². The first-order chi connectivity index (χ1) is 14.2. The van der Waals surface area contributed by atoms with Gasteiger partial charge < -0.3 is 9.64 Å². The molecule has 4 rings (SSSR count). The quantitative estimate of drug-likeness (QED) is 0.681. The number of hydrogen-bond acceptors (Lipinski definition) is 4. The van der Waals surface area contributed by atoms with Gasteiger partial charge >= 0.3 is 0 Å². The molecule has 2 aliphatic heterocycles. The van der Waals surface area contributed by atoms with E-state index >= 15 is 0 Å². The molecule has 1 unspecified atom stereocenters. The number of likely N-dealkylation sites (tertiary alicyclic amines) is 1. The van der Waals surface area contributed by atoms with Gasteiger partial charge in [-0.3, -0.25) is 9.80 Å². The Morgan fingerprint density at radius 3 is 2.10 bits per heavy atom. The molecule has 2 heterocycles. The molecule has 0 saturated carbocycles. The highest BCUT2D eigenvalue weighted by Crippen LogP contribution is 2.28. The van der Waals surface area contributed by atoms with E-state index in [0.29, 0.717) is 6.04 Å².